The summed E-state index contributed by atoms with van der Waals surface area (Å²) in [5.41, 5.74) is 1.86. The number of hydrogen-bond donors (Lipinski definition) is 2. The number of hydrogen-bond acceptors (Lipinski definition) is 4. The van der Waals surface area contributed by atoms with Gasteiger partial charge in [-0.15, -0.1) is 0 Å². The van der Waals surface area contributed by atoms with Gasteiger partial charge in [-0.05, 0) is 26.7 Å². The number of nitrogens with zero attached hydrogens (tertiary/aromatic N) is 3. The second kappa shape index (κ2) is 5.74. The van der Waals surface area contributed by atoms with Crippen LogP contribution in [0, 0.1) is 6.92 Å². The Balaban J connectivity index is 2.18. The third-order valence-electron chi connectivity index (χ3n) is 4.14. The number of rotatable bonds is 4. The van der Waals surface area contributed by atoms with Crippen LogP contribution >= 0.6 is 0 Å². The smallest absolute Gasteiger partial charge is 0.131 e. The average molecular weight is 280 g/mol. The fraction of sp³-hybridized carbons (Fsp3) is 0.800. The maximum absolute atomic E-state index is 10.1. The lowest BCUT2D eigenvalue weighted by molar-refractivity contribution is 0.0348. The van der Waals surface area contributed by atoms with Gasteiger partial charge in [0.15, 0.2) is 0 Å². The van der Waals surface area contributed by atoms with E-state index >= 15 is 0 Å². The molecule has 5 heteroatoms. The van der Waals surface area contributed by atoms with E-state index in [0.29, 0.717) is 6.04 Å². The van der Waals surface area contributed by atoms with Gasteiger partial charge in [-0.1, -0.05) is 13.8 Å². The monoisotopic (exact) mass is 280 g/mol. The van der Waals surface area contributed by atoms with E-state index in [0.717, 1.165) is 38.2 Å². The van der Waals surface area contributed by atoms with Crippen LogP contribution in [0.2, 0.25) is 0 Å². The highest BCUT2D eigenvalue weighted by atomic mass is 16.3. The molecule has 114 valence electrons. The molecule has 1 aliphatic rings. The largest absolute Gasteiger partial charge is 0.390 e. The van der Waals surface area contributed by atoms with Crippen LogP contribution < -0.4 is 10.2 Å². The van der Waals surface area contributed by atoms with E-state index in [2.05, 4.69) is 36.1 Å². The van der Waals surface area contributed by atoms with Crippen LogP contribution in [0.3, 0.4) is 0 Å². The Hall–Kier alpha value is -1.07. The normalized spacial score (nSPS) is 18.9. The summed E-state index contributed by atoms with van der Waals surface area (Å²) in [7, 11) is 2.01. The first-order chi connectivity index (χ1) is 9.30. The molecule has 1 aliphatic heterocycles. The summed E-state index contributed by atoms with van der Waals surface area (Å²) in [6.07, 6.45) is 1.63. The molecule has 0 amide bonds. The Kier molecular flexibility index (Phi) is 4.39. The Morgan fingerprint density at radius 1 is 1.35 bits per heavy atom. The van der Waals surface area contributed by atoms with Crippen molar-refractivity contribution in [3.63, 3.8) is 0 Å². The lowest BCUT2D eigenvalue weighted by Gasteiger charge is -2.37. The van der Waals surface area contributed by atoms with Crippen LogP contribution in [0.5, 0.6) is 0 Å². The van der Waals surface area contributed by atoms with E-state index in [-0.39, 0.29) is 0 Å². The van der Waals surface area contributed by atoms with Gasteiger partial charge in [0, 0.05) is 38.3 Å². The number of anilines is 1. The molecule has 2 heterocycles. The van der Waals surface area contributed by atoms with Crippen LogP contribution in [-0.2, 0) is 13.6 Å². The van der Waals surface area contributed by atoms with Gasteiger partial charge in [0.05, 0.1) is 11.3 Å². The van der Waals surface area contributed by atoms with E-state index in [4.69, 9.17) is 0 Å². The van der Waals surface area contributed by atoms with Crippen molar-refractivity contribution in [1.82, 2.24) is 15.1 Å². The van der Waals surface area contributed by atoms with Gasteiger partial charge < -0.3 is 15.3 Å². The van der Waals surface area contributed by atoms with Crippen LogP contribution in [0.1, 0.15) is 44.9 Å². The van der Waals surface area contributed by atoms with Crippen molar-refractivity contribution in [3.05, 3.63) is 11.3 Å². The second-order valence-corrected chi connectivity index (χ2v) is 6.53. The molecule has 20 heavy (non-hydrogen) atoms. The topological polar surface area (TPSA) is 53.3 Å². The Morgan fingerprint density at radius 3 is 2.50 bits per heavy atom. The first-order valence-electron chi connectivity index (χ1n) is 7.53. The predicted octanol–water partition coefficient (Wildman–Crippen LogP) is 1.58. The van der Waals surface area contributed by atoms with Crippen LogP contribution in [0.25, 0.3) is 0 Å². The summed E-state index contributed by atoms with van der Waals surface area (Å²) in [6.45, 7) is 10.9. The molecule has 1 fully saturated rings. The molecule has 2 rings (SSSR count). The van der Waals surface area contributed by atoms with Crippen molar-refractivity contribution < 1.29 is 5.11 Å². The van der Waals surface area contributed by atoms with E-state index < -0.39 is 5.60 Å². The summed E-state index contributed by atoms with van der Waals surface area (Å²) in [6, 6.07) is 0.463. The van der Waals surface area contributed by atoms with Gasteiger partial charge in [-0.3, -0.25) is 4.68 Å². The lowest BCUT2D eigenvalue weighted by atomic mass is 9.93. The number of nitrogens with one attached hydrogen (secondary N) is 1. The van der Waals surface area contributed by atoms with Crippen molar-refractivity contribution in [3.8, 4) is 0 Å². The molecule has 0 aromatic carbocycles. The maximum atomic E-state index is 10.1. The molecule has 0 saturated carbocycles. The molecule has 0 unspecified atom stereocenters. The van der Waals surface area contributed by atoms with E-state index in [1.54, 1.807) is 0 Å². The third-order valence-corrected chi connectivity index (χ3v) is 4.14. The highest BCUT2D eigenvalue weighted by molar-refractivity contribution is 5.50. The molecule has 0 radical (unpaired) electrons. The van der Waals surface area contributed by atoms with E-state index in [1.807, 2.05) is 18.7 Å². The number of aliphatic hydroxyl groups is 1. The molecule has 0 spiro atoms. The molecule has 1 aromatic rings. The van der Waals surface area contributed by atoms with Gasteiger partial charge in [0.25, 0.3) is 0 Å². The van der Waals surface area contributed by atoms with Crippen molar-refractivity contribution in [1.29, 1.82) is 0 Å². The molecule has 0 aliphatic carbocycles. The Morgan fingerprint density at radius 2 is 1.95 bits per heavy atom. The van der Waals surface area contributed by atoms with Gasteiger partial charge in [0.1, 0.15) is 5.82 Å². The van der Waals surface area contributed by atoms with Crippen molar-refractivity contribution in [2.45, 2.75) is 58.7 Å². The van der Waals surface area contributed by atoms with Gasteiger partial charge in [-0.25, -0.2) is 0 Å². The number of aryl methyl sites for hydroxylation is 2. The number of aromatic nitrogens is 2. The quantitative estimate of drug-likeness (QED) is 0.879. The maximum Gasteiger partial charge on any atom is 0.131 e. The van der Waals surface area contributed by atoms with Crippen molar-refractivity contribution in [2.24, 2.45) is 7.05 Å². The molecule has 5 nitrogen and oxygen atoms in total. The fourth-order valence-electron chi connectivity index (χ4n) is 2.80. The molecular formula is C15H28N4O. The van der Waals surface area contributed by atoms with Crippen molar-refractivity contribution in [2.75, 3.05) is 18.0 Å². The van der Waals surface area contributed by atoms with Crippen molar-refractivity contribution >= 4 is 5.82 Å². The summed E-state index contributed by atoms with van der Waals surface area (Å²) in [4.78, 5) is 2.36. The highest BCUT2D eigenvalue weighted by Crippen LogP contribution is 2.29. The summed E-state index contributed by atoms with van der Waals surface area (Å²) in [5, 5.41) is 18.2. The zero-order chi connectivity index (χ0) is 14.9. The minimum Gasteiger partial charge on any atom is -0.390 e. The zero-order valence-electron chi connectivity index (χ0n) is 13.4. The number of piperidine rings is 1. The van der Waals surface area contributed by atoms with Crippen LogP contribution in [0.15, 0.2) is 0 Å². The van der Waals surface area contributed by atoms with Gasteiger partial charge in [-0.2, -0.15) is 5.10 Å². The fourth-order valence-corrected chi connectivity index (χ4v) is 2.80. The molecular weight excluding hydrogens is 252 g/mol. The third kappa shape index (κ3) is 3.33. The lowest BCUT2D eigenvalue weighted by Crippen LogP contribution is -2.43. The summed E-state index contributed by atoms with van der Waals surface area (Å²) < 4.78 is 1.98. The van der Waals surface area contributed by atoms with Crippen LogP contribution in [-0.4, -0.2) is 39.6 Å². The first kappa shape index (κ1) is 15.3. The molecule has 0 atom stereocenters. The Bertz CT molecular complexity index is 455. The van der Waals surface area contributed by atoms with Crippen LogP contribution in [0.4, 0.5) is 5.82 Å². The standard InChI is InChI=1S/C15H28N4O/c1-11(2)16-10-13-12(3)17-18(5)14(13)19-8-6-15(4,20)7-9-19/h11,16,20H,6-10H2,1-5H3. The molecule has 0 bridgehead atoms. The van der Waals surface area contributed by atoms with E-state index in [9.17, 15) is 5.11 Å². The van der Waals surface area contributed by atoms with E-state index in [1.165, 1.54) is 11.4 Å². The minimum absolute atomic E-state index is 0.463. The SMILES string of the molecule is Cc1nn(C)c(N2CCC(C)(O)CC2)c1CNC(C)C. The second-order valence-electron chi connectivity index (χ2n) is 6.53. The average Bonchev–Trinajstić information content (AvgIpc) is 2.61. The Labute approximate surface area is 122 Å². The van der Waals surface area contributed by atoms with Gasteiger partial charge in [0.2, 0.25) is 0 Å². The first-order valence-corrected chi connectivity index (χ1v) is 7.53. The molecule has 2 N–H and O–H groups in total. The van der Waals surface area contributed by atoms with Gasteiger partial charge >= 0.3 is 0 Å². The zero-order valence-corrected chi connectivity index (χ0v) is 13.4. The highest BCUT2D eigenvalue weighted by Gasteiger charge is 2.30. The predicted molar refractivity (Wildman–Crippen MR) is 82.0 cm³/mol. The summed E-state index contributed by atoms with van der Waals surface area (Å²) >= 11 is 0. The molecule has 1 aromatic heterocycles. The minimum atomic E-state index is -0.513. The summed E-state index contributed by atoms with van der Waals surface area (Å²) in [5.74, 6) is 1.20. The molecule has 1 saturated heterocycles.